The molecule has 0 saturated carbocycles. The third-order valence-corrected chi connectivity index (χ3v) is 4.02. The van der Waals surface area contributed by atoms with Crippen molar-refractivity contribution in [2.24, 2.45) is 5.73 Å². The topological polar surface area (TPSA) is 32.5 Å². The molecule has 1 fully saturated rings. The highest BCUT2D eigenvalue weighted by Crippen LogP contribution is 2.29. The van der Waals surface area contributed by atoms with E-state index in [0.29, 0.717) is 6.04 Å². The van der Waals surface area contributed by atoms with Crippen molar-refractivity contribution in [3.63, 3.8) is 0 Å². The number of nitrogens with two attached hydrogens (primary N) is 1. The van der Waals surface area contributed by atoms with E-state index in [2.05, 4.69) is 23.9 Å². The molecule has 1 saturated heterocycles. The first-order valence-corrected chi connectivity index (χ1v) is 6.95. The molecule has 1 aromatic carbocycles. The van der Waals surface area contributed by atoms with Gasteiger partial charge in [0.2, 0.25) is 0 Å². The Bertz CT molecular complexity index is 423. The molecule has 19 heavy (non-hydrogen) atoms. The maximum atomic E-state index is 13.4. The molecular formula is C15H24FN3. The Balaban J connectivity index is 2.15. The molecule has 0 spiro atoms. The summed E-state index contributed by atoms with van der Waals surface area (Å²) in [6, 6.07) is 5.47. The van der Waals surface area contributed by atoms with Crippen molar-refractivity contribution in [2.45, 2.75) is 31.8 Å². The monoisotopic (exact) mass is 265 g/mol. The summed E-state index contributed by atoms with van der Waals surface area (Å²) in [5, 5.41) is 0. The molecule has 1 atom stereocenters. The van der Waals surface area contributed by atoms with Crippen molar-refractivity contribution in [3.8, 4) is 0 Å². The molecule has 2 N–H and O–H groups in total. The van der Waals surface area contributed by atoms with E-state index in [1.807, 2.05) is 13.0 Å². The average molecular weight is 265 g/mol. The summed E-state index contributed by atoms with van der Waals surface area (Å²) < 4.78 is 13.4. The van der Waals surface area contributed by atoms with E-state index in [1.165, 1.54) is 6.07 Å². The van der Waals surface area contributed by atoms with Crippen LogP contribution in [0.1, 0.15) is 31.4 Å². The molecule has 1 aliphatic rings. The lowest BCUT2D eigenvalue weighted by Crippen LogP contribution is -2.42. The van der Waals surface area contributed by atoms with Gasteiger partial charge in [-0.25, -0.2) is 4.39 Å². The Morgan fingerprint density at radius 2 is 1.95 bits per heavy atom. The van der Waals surface area contributed by atoms with Crippen molar-refractivity contribution in [1.29, 1.82) is 0 Å². The van der Waals surface area contributed by atoms with Crippen LogP contribution in [0.15, 0.2) is 18.2 Å². The number of hydrogen-bond donors (Lipinski definition) is 1. The van der Waals surface area contributed by atoms with E-state index in [0.717, 1.165) is 37.2 Å². The van der Waals surface area contributed by atoms with E-state index in [4.69, 9.17) is 5.73 Å². The SMILES string of the molecule is CC(N)c1cc(F)ccc1N1CCC(N(C)C)CC1. The quantitative estimate of drug-likeness (QED) is 0.910. The highest BCUT2D eigenvalue weighted by atomic mass is 19.1. The number of anilines is 1. The number of benzene rings is 1. The van der Waals surface area contributed by atoms with Crippen LogP contribution in [0.25, 0.3) is 0 Å². The first-order valence-electron chi connectivity index (χ1n) is 6.95. The Hall–Kier alpha value is -1.13. The first kappa shape index (κ1) is 14.3. The molecule has 1 aromatic rings. The molecule has 0 aromatic heterocycles. The fourth-order valence-electron chi connectivity index (χ4n) is 2.80. The number of piperidine rings is 1. The lowest BCUT2D eigenvalue weighted by atomic mass is 10.00. The van der Waals surface area contributed by atoms with Gasteiger partial charge in [0.25, 0.3) is 0 Å². The largest absolute Gasteiger partial charge is 0.371 e. The number of halogens is 1. The minimum absolute atomic E-state index is 0.141. The lowest BCUT2D eigenvalue weighted by molar-refractivity contribution is 0.249. The fraction of sp³-hybridized carbons (Fsp3) is 0.600. The minimum Gasteiger partial charge on any atom is -0.371 e. The van der Waals surface area contributed by atoms with Gasteiger partial charge in [0.1, 0.15) is 5.82 Å². The van der Waals surface area contributed by atoms with Crippen LogP contribution in [0, 0.1) is 5.82 Å². The summed E-state index contributed by atoms with van der Waals surface area (Å²) in [5.74, 6) is -0.209. The molecule has 0 amide bonds. The number of nitrogens with zero attached hydrogens (tertiary/aromatic N) is 2. The zero-order valence-corrected chi connectivity index (χ0v) is 12.1. The zero-order valence-electron chi connectivity index (χ0n) is 12.1. The molecule has 2 rings (SSSR count). The van der Waals surface area contributed by atoms with Crippen LogP contribution < -0.4 is 10.6 Å². The van der Waals surface area contributed by atoms with Crippen molar-refractivity contribution < 1.29 is 4.39 Å². The van der Waals surface area contributed by atoms with Gasteiger partial charge in [-0.3, -0.25) is 0 Å². The van der Waals surface area contributed by atoms with Gasteiger partial charge >= 0.3 is 0 Å². The van der Waals surface area contributed by atoms with E-state index >= 15 is 0 Å². The van der Waals surface area contributed by atoms with Crippen LogP contribution in [-0.4, -0.2) is 38.1 Å². The van der Waals surface area contributed by atoms with Crippen LogP contribution in [-0.2, 0) is 0 Å². The van der Waals surface area contributed by atoms with Gasteiger partial charge in [-0.15, -0.1) is 0 Å². The Morgan fingerprint density at radius 1 is 1.32 bits per heavy atom. The molecule has 1 unspecified atom stereocenters. The van der Waals surface area contributed by atoms with Gasteiger partial charge in [0, 0.05) is 30.9 Å². The summed E-state index contributed by atoms with van der Waals surface area (Å²) in [6.45, 7) is 3.92. The van der Waals surface area contributed by atoms with E-state index in [9.17, 15) is 4.39 Å². The number of rotatable bonds is 3. The normalized spacial score (nSPS) is 18.9. The maximum Gasteiger partial charge on any atom is 0.123 e. The van der Waals surface area contributed by atoms with Gasteiger partial charge in [0.15, 0.2) is 0 Å². The van der Waals surface area contributed by atoms with Gasteiger partial charge < -0.3 is 15.5 Å². The summed E-state index contributed by atoms with van der Waals surface area (Å²) in [6.07, 6.45) is 2.28. The molecule has 106 valence electrons. The average Bonchev–Trinajstić information content (AvgIpc) is 2.38. The summed E-state index contributed by atoms with van der Waals surface area (Å²) >= 11 is 0. The van der Waals surface area contributed by atoms with Crippen molar-refractivity contribution in [3.05, 3.63) is 29.6 Å². The second-order valence-electron chi connectivity index (χ2n) is 5.67. The lowest BCUT2D eigenvalue weighted by Gasteiger charge is -2.37. The van der Waals surface area contributed by atoms with Gasteiger partial charge in [-0.1, -0.05) is 0 Å². The van der Waals surface area contributed by atoms with E-state index in [1.54, 1.807) is 6.07 Å². The standard InChI is InChI=1S/C15H24FN3/c1-11(17)14-10-12(16)4-5-15(14)19-8-6-13(7-9-19)18(2)3/h4-5,10-11,13H,6-9,17H2,1-3H3. The molecule has 1 aliphatic heterocycles. The fourth-order valence-corrected chi connectivity index (χ4v) is 2.80. The summed E-state index contributed by atoms with van der Waals surface area (Å²) in [7, 11) is 4.26. The molecular weight excluding hydrogens is 241 g/mol. The number of hydrogen-bond acceptors (Lipinski definition) is 3. The van der Waals surface area contributed by atoms with Crippen molar-refractivity contribution in [1.82, 2.24) is 4.90 Å². The summed E-state index contributed by atoms with van der Waals surface area (Å²) in [4.78, 5) is 4.62. The second kappa shape index (κ2) is 5.88. The van der Waals surface area contributed by atoms with Gasteiger partial charge in [-0.2, -0.15) is 0 Å². The Kier molecular flexibility index (Phi) is 4.42. The van der Waals surface area contributed by atoms with Crippen molar-refractivity contribution >= 4 is 5.69 Å². The molecule has 0 aliphatic carbocycles. The Morgan fingerprint density at radius 3 is 2.47 bits per heavy atom. The molecule has 1 heterocycles. The van der Waals surface area contributed by atoms with E-state index < -0.39 is 0 Å². The molecule has 0 radical (unpaired) electrons. The van der Waals surface area contributed by atoms with Crippen LogP contribution >= 0.6 is 0 Å². The van der Waals surface area contributed by atoms with Crippen molar-refractivity contribution in [2.75, 3.05) is 32.1 Å². The van der Waals surface area contributed by atoms with E-state index in [-0.39, 0.29) is 11.9 Å². The van der Waals surface area contributed by atoms with Gasteiger partial charge in [-0.05, 0) is 57.6 Å². The van der Waals surface area contributed by atoms with Gasteiger partial charge in [0.05, 0.1) is 0 Å². The predicted octanol–water partition coefficient (Wildman–Crippen LogP) is 2.38. The smallest absolute Gasteiger partial charge is 0.123 e. The van der Waals surface area contributed by atoms with Crippen LogP contribution in [0.3, 0.4) is 0 Å². The highest BCUT2D eigenvalue weighted by molar-refractivity contribution is 5.55. The van der Waals surface area contributed by atoms with Crippen LogP contribution in [0.2, 0.25) is 0 Å². The predicted molar refractivity (Wildman–Crippen MR) is 77.9 cm³/mol. The maximum absolute atomic E-state index is 13.4. The molecule has 4 heteroatoms. The first-order chi connectivity index (χ1) is 8.99. The zero-order chi connectivity index (χ0) is 14.0. The highest BCUT2D eigenvalue weighted by Gasteiger charge is 2.23. The van der Waals surface area contributed by atoms with Crippen LogP contribution in [0.4, 0.5) is 10.1 Å². The third-order valence-electron chi connectivity index (χ3n) is 4.02. The molecule has 3 nitrogen and oxygen atoms in total. The third kappa shape index (κ3) is 3.25. The second-order valence-corrected chi connectivity index (χ2v) is 5.67. The minimum atomic E-state index is -0.209. The molecule has 0 bridgehead atoms. The summed E-state index contributed by atoms with van der Waals surface area (Å²) in [5.41, 5.74) is 7.96. The Labute approximate surface area is 115 Å². The van der Waals surface area contributed by atoms with Crippen LogP contribution in [0.5, 0.6) is 0 Å².